The lowest BCUT2D eigenvalue weighted by molar-refractivity contribution is 0.876. The Balaban J connectivity index is 1.99. The smallest absolute Gasteiger partial charge is 0.225 e. The molecule has 0 saturated carbocycles. The molecule has 0 amide bonds. The van der Waals surface area contributed by atoms with Crippen molar-refractivity contribution in [3.63, 3.8) is 0 Å². The molecule has 1 aromatic heterocycles. The minimum atomic E-state index is 0.222. The number of aromatic nitrogens is 2. The monoisotopic (exact) mass is 372 g/mol. The summed E-state index contributed by atoms with van der Waals surface area (Å²) in [6.07, 6.45) is 0. The van der Waals surface area contributed by atoms with E-state index in [-0.39, 0.29) is 6.04 Å². The maximum atomic E-state index is 6.07. The number of halogens is 2. The van der Waals surface area contributed by atoms with E-state index in [1.54, 1.807) is 18.2 Å². The van der Waals surface area contributed by atoms with E-state index in [9.17, 15) is 0 Å². The highest BCUT2D eigenvalue weighted by molar-refractivity contribution is 6.35. The molecule has 0 aliphatic rings. The first-order valence-corrected chi connectivity index (χ1v) is 8.69. The Morgan fingerprint density at radius 1 is 0.880 bits per heavy atom. The van der Waals surface area contributed by atoms with Crippen molar-refractivity contribution in [3.05, 3.63) is 64.6 Å². The molecule has 3 aromatic rings. The fraction of sp³-hybridized carbons (Fsp3) is 0.158. The molecule has 0 aliphatic heterocycles. The van der Waals surface area contributed by atoms with E-state index in [0.29, 0.717) is 21.8 Å². The van der Waals surface area contributed by atoms with Gasteiger partial charge in [0.05, 0.1) is 5.69 Å². The summed E-state index contributed by atoms with van der Waals surface area (Å²) in [5.41, 5.74) is 2.61. The summed E-state index contributed by atoms with van der Waals surface area (Å²) >= 11 is 12.1. The summed E-state index contributed by atoms with van der Waals surface area (Å²) in [7, 11) is 0. The maximum Gasteiger partial charge on any atom is 0.225 e. The van der Waals surface area contributed by atoms with Crippen molar-refractivity contribution < 1.29 is 0 Å². The SMILES string of the molecule is CC(C)Nc1nc(Nc2cc(Cl)cc(Cl)c2)cc(-c2ccccc2)n1. The third kappa shape index (κ3) is 4.84. The van der Waals surface area contributed by atoms with Crippen LogP contribution in [0.2, 0.25) is 10.0 Å². The van der Waals surface area contributed by atoms with Gasteiger partial charge >= 0.3 is 0 Å². The van der Waals surface area contributed by atoms with Crippen molar-refractivity contribution in [3.8, 4) is 11.3 Å². The van der Waals surface area contributed by atoms with Gasteiger partial charge in [-0.1, -0.05) is 53.5 Å². The van der Waals surface area contributed by atoms with Gasteiger partial charge in [-0.2, -0.15) is 4.98 Å². The summed E-state index contributed by atoms with van der Waals surface area (Å²) in [5.74, 6) is 1.22. The molecular formula is C19H18Cl2N4. The predicted molar refractivity (Wildman–Crippen MR) is 106 cm³/mol. The van der Waals surface area contributed by atoms with Gasteiger partial charge in [0, 0.05) is 33.4 Å². The molecule has 128 valence electrons. The average Bonchev–Trinajstić information content (AvgIpc) is 2.54. The largest absolute Gasteiger partial charge is 0.352 e. The lowest BCUT2D eigenvalue weighted by Gasteiger charge is -2.13. The standard InChI is InChI=1S/C19H18Cl2N4/c1-12(2)22-19-24-17(13-6-4-3-5-7-13)11-18(25-19)23-16-9-14(20)8-15(21)10-16/h3-12H,1-2H3,(H2,22,23,24,25). The highest BCUT2D eigenvalue weighted by atomic mass is 35.5. The van der Waals surface area contributed by atoms with Gasteiger partial charge in [0.1, 0.15) is 5.82 Å². The van der Waals surface area contributed by atoms with Crippen LogP contribution in [0.4, 0.5) is 17.5 Å². The van der Waals surface area contributed by atoms with Crippen molar-refractivity contribution >= 4 is 40.7 Å². The topological polar surface area (TPSA) is 49.8 Å². The van der Waals surface area contributed by atoms with E-state index < -0.39 is 0 Å². The van der Waals surface area contributed by atoms with Gasteiger partial charge in [-0.05, 0) is 32.0 Å². The Labute approximate surface area is 157 Å². The Bertz CT molecular complexity index is 846. The lowest BCUT2D eigenvalue weighted by Crippen LogP contribution is -2.13. The molecule has 2 N–H and O–H groups in total. The summed E-state index contributed by atoms with van der Waals surface area (Å²) in [6.45, 7) is 4.09. The Hall–Kier alpha value is -2.30. The highest BCUT2D eigenvalue weighted by Crippen LogP contribution is 2.27. The number of rotatable bonds is 5. The van der Waals surface area contributed by atoms with Crippen LogP contribution >= 0.6 is 23.2 Å². The predicted octanol–water partition coefficient (Wildman–Crippen LogP) is 6.01. The van der Waals surface area contributed by atoms with Crippen LogP contribution in [0, 0.1) is 0 Å². The van der Waals surface area contributed by atoms with Gasteiger partial charge in [-0.25, -0.2) is 4.98 Å². The van der Waals surface area contributed by atoms with Crippen LogP contribution in [-0.4, -0.2) is 16.0 Å². The van der Waals surface area contributed by atoms with Gasteiger partial charge in [0.25, 0.3) is 0 Å². The second kappa shape index (κ2) is 7.72. The van der Waals surface area contributed by atoms with Crippen LogP contribution in [0.25, 0.3) is 11.3 Å². The number of benzene rings is 2. The lowest BCUT2D eigenvalue weighted by atomic mass is 10.1. The summed E-state index contributed by atoms with van der Waals surface area (Å²) in [6, 6.07) is 17.4. The number of nitrogens with zero attached hydrogens (tertiary/aromatic N) is 2. The molecule has 0 saturated heterocycles. The molecule has 0 aliphatic carbocycles. The molecule has 6 heteroatoms. The third-order valence-electron chi connectivity index (χ3n) is 3.35. The van der Waals surface area contributed by atoms with E-state index in [4.69, 9.17) is 23.2 Å². The van der Waals surface area contributed by atoms with Crippen LogP contribution in [-0.2, 0) is 0 Å². The zero-order valence-corrected chi connectivity index (χ0v) is 15.4. The van der Waals surface area contributed by atoms with Crippen molar-refractivity contribution in [2.24, 2.45) is 0 Å². The number of hydrogen-bond donors (Lipinski definition) is 2. The molecule has 4 nitrogen and oxygen atoms in total. The van der Waals surface area contributed by atoms with E-state index >= 15 is 0 Å². The molecule has 1 heterocycles. The highest BCUT2D eigenvalue weighted by Gasteiger charge is 2.09. The molecular weight excluding hydrogens is 355 g/mol. The number of anilines is 3. The molecule has 2 aromatic carbocycles. The van der Waals surface area contributed by atoms with E-state index in [1.807, 2.05) is 50.2 Å². The van der Waals surface area contributed by atoms with E-state index in [2.05, 4.69) is 20.6 Å². The molecule has 0 radical (unpaired) electrons. The molecule has 3 rings (SSSR count). The van der Waals surface area contributed by atoms with Crippen LogP contribution in [0.5, 0.6) is 0 Å². The van der Waals surface area contributed by atoms with Gasteiger partial charge in [-0.15, -0.1) is 0 Å². The van der Waals surface area contributed by atoms with Gasteiger partial charge in [0.15, 0.2) is 0 Å². The number of hydrogen-bond acceptors (Lipinski definition) is 4. The molecule has 25 heavy (non-hydrogen) atoms. The second-order valence-corrected chi connectivity index (χ2v) is 6.78. The quantitative estimate of drug-likeness (QED) is 0.575. The summed E-state index contributed by atoms with van der Waals surface area (Å²) in [5, 5.41) is 7.62. The molecule has 0 unspecified atom stereocenters. The maximum absolute atomic E-state index is 6.07. The average molecular weight is 373 g/mol. The van der Waals surface area contributed by atoms with Gasteiger partial charge < -0.3 is 10.6 Å². The first kappa shape index (κ1) is 17.5. The van der Waals surface area contributed by atoms with Crippen molar-refractivity contribution in [1.82, 2.24) is 9.97 Å². The van der Waals surface area contributed by atoms with Crippen LogP contribution in [0.3, 0.4) is 0 Å². The van der Waals surface area contributed by atoms with Gasteiger partial charge in [0.2, 0.25) is 5.95 Å². The number of nitrogens with one attached hydrogen (secondary N) is 2. The van der Waals surface area contributed by atoms with Crippen LogP contribution < -0.4 is 10.6 Å². The Morgan fingerprint density at radius 3 is 2.20 bits per heavy atom. The first-order chi connectivity index (χ1) is 12.0. The van der Waals surface area contributed by atoms with Crippen LogP contribution in [0.1, 0.15) is 13.8 Å². The fourth-order valence-corrected chi connectivity index (χ4v) is 2.89. The summed E-state index contributed by atoms with van der Waals surface area (Å²) < 4.78 is 0. The van der Waals surface area contributed by atoms with Crippen LogP contribution in [0.15, 0.2) is 54.6 Å². The Kier molecular flexibility index (Phi) is 5.41. The third-order valence-corrected chi connectivity index (χ3v) is 3.78. The Morgan fingerprint density at radius 2 is 1.56 bits per heavy atom. The first-order valence-electron chi connectivity index (χ1n) is 7.94. The van der Waals surface area contributed by atoms with E-state index in [0.717, 1.165) is 16.9 Å². The molecule has 0 bridgehead atoms. The fourth-order valence-electron chi connectivity index (χ4n) is 2.36. The van der Waals surface area contributed by atoms with Gasteiger partial charge in [-0.3, -0.25) is 0 Å². The zero-order chi connectivity index (χ0) is 17.8. The molecule has 0 atom stereocenters. The zero-order valence-electron chi connectivity index (χ0n) is 13.9. The van der Waals surface area contributed by atoms with Crippen molar-refractivity contribution in [2.75, 3.05) is 10.6 Å². The molecule has 0 fully saturated rings. The second-order valence-electron chi connectivity index (χ2n) is 5.91. The minimum absolute atomic E-state index is 0.222. The van der Waals surface area contributed by atoms with Crippen molar-refractivity contribution in [2.45, 2.75) is 19.9 Å². The normalized spacial score (nSPS) is 10.8. The minimum Gasteiger partial charge on any atom is -0.352 e. The van der Waals surface area contributed by atoms with E-state index in [1.165, 1.54) is 0 Å². The molecule has 0 spiro atoms. The van der Waals surface area contributed by atoms with Crippen molar-refractivity contribution in [1.29, 1.82) is 0 Å². The summed E-state index contributed by atoms with van der Waals surface area (Å²) in [4.78, 5) is 9.14.